The van der Waals surface area contributed by atoms with Gasteiger partial charge in [0.15, 0.2) is 0 Å². The number of nitrogens with zero attached hydrogens (tertiary/aromatic N) is 3. The van der Waals surface area contributed by atoms with Crippen molar-refractivity contribution in [2.24, 2.45) is 5.10 Å². The number of hydrogen-bond acceptors (Lipinski definition) is 5. The molecule has 1 heterocycles. The first kappa shape index (κ1) is 17.5. The van der Waals surface area contributed by atoms with Crippen molar-refractivity contribution in [3.63, 3.8) is 0 Å². The molecule has 0 atom stereocenters. The molecule has 2 aromatic carbocycles. The topological polar surface area (TPSA) is 87.8 Å². The van der Waals surface area contributed by atoms with Crippen LogP contribution in [0.15, 0.2) is 47.6 Å². The number of hydrogen-bond donors (Lipinski definition) is 1. The summed E-state index contributed by atoms with van der Waals surface area (Å²) in [4.78, 5) is 24.7. The fourth-order valence-electron chi connectivity index (χ4n) is 2.83. The van der Waals surface area contributed by atoms with Crippen molar-refractivity contribution in [3.8, 4) is 0 Å². The Morgan fingerprint density at radius 2 is 1.88 bits per heavy atom. The van der Waals surface area contributed by atoms with Crippen molar-refractivity contribution in [2.75, 3.05) is 18.0 Å². The first-order valence-electron chi connectivity index (χ1n) is 8.17. The van der Waals surface area contributed by atoms with E-state index in [1.807, 2.05) is 0 Å². The van der Waals surface area contributed by atoms with Crippen molar-refractivity contribution in [1.29, 1.82) is 0 Å². The molecule has 0 radical (unpaired) electrons. The highest BCUT2D eigenvalue weighted by atomic mass is 19.1. The maximum atomic E-state index is 12.9. The molecule has 0 saturated carbocycles. The Hall–Kier alpha value is -3.29. The molecule has 134 valence electrons. The van der Waals surface area contributed by atoms with Gasteiger partial charge in [-0.15, -0.1) is 0 Å². The highest BCUT2D eigenvalue weighted by molar-refractivity contribution is 5.95. The van der Waals surface area contributed by atoms with Gasteiger partial charge in [0.2, 0.25) is 0 Å². The monoisotopic (exact) mass is 356 g/mol. The summed E-state index contributed by atoms with van der Waals surface area (Å²) in [7, 11) is 0. The van der Waals surface area contributed by atoms with Gasteiger partial charge in [-0.25, -0.2) is 9.82 Å². The van der Waals surface area contributed by atoms with Crippen LogP contribution in [0.5, 0.6) is 0 Å². The van der Waals surface area contributed by atoms with Crippen LogP contribution in [0, 0.1) is 15.9 Å². The number of amides is 1. The molecule has 1 aliphatic heterocycles. The molecule has 2 aromatic rings. The van der Waals surface area contributed by atoms with Gasteiger partial charge in [0, 0.05) is 42.0 Å². The van der Waals surface area contributed by atoms with Crippen LogP contribution in [0.3, 0.4) is 0 Å². The van der Waals surface area contributed by atoms with E-state index in [4.69, 9.17) is 0 Å². The maximum Gasteiger partial charge on any atom is 0.271 e. The van der Waals surface area contributed by atoms with Crippen LogP contribution < -0.4 is 10.3 Å². The van der Waals surface area contributed by atoms with Crippen molar-refractivity contribution < 1.29 is 14.1 Å². The molecular formula is C18H17FN4O3. The number of benzene rings is 2. The molecule has 26 heavy (non-hydrogen) atoms. The molecule has 1 fully saturated rings. The van der Waals surface area contributed by atoms with E-state index in [-0.39, 0.29) is 11.3 Å². The van der Waals surface area contributed by atoms with Gasteiger partial charge in [0.1, 0.15) is 5.82 Å². The lowest BCUT2D eigenvalue weighted by Crippen LogP contribution is -2.20. The predicted molar refractivity (Wildman–Crippen MR) is 96.0 cm³/mol. The third kappa shape index (κ3) is 4.02. The number of nitrogens with one attached hydrogen (secondary N) is 1. The highest BCUT2D eigenvalue weighted by Crippen LogP contribution is 2.27. The van der Waals surface area contributed by atoms with Crippen LogP contribution in [0.25, 0.3) is 0 Å². The summed E-state index contributed by atoms with van der Waals surface area (Å²) in [5, 5.41) is 14.9. The molecule has 7 nitrogen and oxygen atoms in total. The minimum Gasteiger partial charge on any atom is -0.371 e. The molecule has 1 amide bonds. The molecule has 3 rings (SSSR count). The zero-order valence-corrected chi connectivity index (χ0v) is 13.9. The number of rotatable bonds is 5. The summed E-state index contributed by atoms with van der Waals surface area (Å²) in [5.74, 6) is -0.925. The number of hydrazone groups is 1. The maximum absolute atomic E-state index is 12.9. The molecule has 0 spiro atoms. The number of non-ortho nitro benzene ring substituents is 1. The number of halogens is 1. The number of nitro benzene ring substituents is 1. The Morgan fingerprint density at radius 3 is 2.54 bits per heavy atom. The van der Waals surface area contributed by atoms with E-state index in [1.54, 1.807) is 6.07 Å². The fraction of sp³-hybridized carbons (Fsp3) is 0.222. The fourth-order valence-corrected chi connectivity index (χ4v) is 2.83. The van der Waals surface area contributed by atoms with Gasteiger partial charge in [-0.3, -0.25) is 14.9 Å². The summed E-state index contributed by atoms with van der Waals surface area (Å²) in [6, 6.07) is 9.66. The molecule has 8 heteroatoms. The Morgan fingerprint density at radius 1 is 1.19 bits per heavy atom. The second kappa shape index (κ2) is 7.73. The molecule has 1 saturated heterocycles. The third-order valence-corrected chi connectivity index (χ3v) is 4.14. The predicted octanol–water partition coefficient (Wildman–Crippen LogP) is 3.10. The van der Waals surface area contributed by atoms with Crippen molar-refractivity contribution >= 4 is 23.5 Å². The van der Waals surface area contributed by atoms with Crippen LogP contribution in [0.1, 0.15) is 28.8 Å². The van der Waals surface area contributed by atoms with Crippen LogP contribution >= 0.6 is 0 Å². The molecule has 0 bridgehead atoms. The van der Waals surface area contributed by atoms with E-state index in [9.17, 15) is 19.3 Å². The number of anilines is 1. The zero-order chi connectivity index (χ0) is 18.5. The third-order valence-electron chi connectivity index (χ3n) is 4.14. The van der Waals surface area contributed by atoms with Crippen LogP contribution in [-0.2, 0) is 0 Å². The molecule has 1 N–H and O–H groups in total. The Balaban J connectivity index is 1.79. The van der Waals surface area contributed by atoms with Gasteiger partial charge in [-0.2, -0.15) is 5.10 Å². The van der Waals surface area contributed by atoms with Crippen molar-refractivity contribution in [2.45, 2.75) is 12.8 Å². The summed E-state index contributed by atoms with van der Waals surface area (Å²) < 4.78 is 12.9. The SMILES string of the molecule is O=C(NN=Cc1cc([N+](=O)[O-])ccc1N1CCCC1)c1ccc(F)cc1. The minimum absolute atomic E-state index is 0.0424. The van der Waals surface area contributed by atoms with Gasteiger partial charge in [-0.1, -0.05) is 0 Å². The standard InChI is InChI=1S/C18H17FN4O3/c19-15-5-3-13(4-6-15)18(24)21-20-12-14-11-16(23(25)26)7-8-17(14)22-9-1-2-10-22/h3-8,11-12H,1-2,9-10H2,(H,21,24). The van der Waals surface area contributed by atoms with Gasteiger partial charge in [0.05, 0.1) is 11.1 Å². The van der Waals surface area contributed by atoms with E-state index in [1.165, 1.54) is 42.6 Å². The van der Waals surface area contributed by atoms with Gasteiger partial charge in [0.25, 0.3) is 11.6 Å². The Kier molecular flexibility index (Phi) is 5.21. The van der Waals surface area contributed by atoms with Crippen LogP contribution in [-0.4, -0.2) is 30.1 Å². The lowest BCUT2D eigenvalue weighted by atomic mass is 10.1. The average Bonchev–Trinajstić information content (AvgIpc) is 3.16. The van der Waals surface area contributed by atoms with E-state index in [0.717, 1.165) is 31.6 Å². The Labute approximate surface area is 149 Å². The quantitative estimate of drug-likeness (QED) is 0.506. The smallest absolute Gasteiger partial charge is 0.271 e. The lowest BCUT2D eigenvalue weighted by molar-refractivity contribution is -0.384. The second-order valence-electron chi connectivity index (χ2n) is 5.90. The number of nitro groups is 1. The molecule has 0 unspecified atom stereocenters. The number of carbonyl (C=O) groups is 1. The minimum atomic E-state index is -0.491. The molecule has 0 aromatic heterocycles. The largest absolute Gasteiger partial charge is 0.371 e. The molecular weight excluding hydrogens is 339 g/mol. The lowest BCUT2D eigenvalue weighted by Gasteiger charge is -2.19. The summed E-state index contributed by atoms with van der Waals surface area (Å²) >= 11 is 0. The Bertz CT molecular complexity index is 846. The highest BCUT2D eigenvalue weighted by Gasteiger charge is 2.18. The van der Waals surface area contributed by atoms with E-state index < -0.39 is 16.6 Å². The first-order valence-corrected chi connectivity index (χ1v) is 8.17. The van der Waals surface area contributed by atoms with Crippen LogP contribution in [0.2, 0.25) is 0 Å². The van der Waals surface area contributed by atoms with E-state index in [2.05, 4.69) is 15.4 Å². The van der Waals surface area contributed by atoms with Gasteiger partial charge < -0.3 is 4.90 Å². The number of carbonyl (C=O) groups excluding carboxylic acids is 1. The summed E-state index contributed by atoms with van der Waals surface area (Å²) in [6.45, 7) is 1.75. The molecule has 1 aliphatic rings. The van der Waals surface area contributed by atoms with E-state index >= 15 is 0 Å². The average molecular weight is 356 g/mol. The zero-order valence-electron chi connectivity index (χ0n) is 13.9. The summed E-state index contributed by atoms with van der Waals surface area (Å²) in [6.07, 6.45) is 3.52. The second-order valence-corrected chi connectivity index (χ2v) is 5.90. The first-order chi connectivity index (χ1) is 12.5. The summed E-state index contributed by atoms with van der Waals surface area (Å²) in [5.41, 5.74) is 3.97. The van der Waals surface area contributed by atoms with Gasteiger partial charge >= 0.3 is 0 Å². The van der Waals surface area contributed by atoms with E-state index in [0.29, 0.717) is 5.56 Å². The van der Waals surface area contributed by atoms with Crippen molar-refractivity contribution in [3.05, 3.63) is 69.5 Å². The van der Waals surface area contributed by atoms with Gasteiger partial charge in [-0.05, 0) is 43.2 Å². The van der Waals surface area contributed by atoms with Crippen molar-refractivity contribution in [1.82, 2.24) is 5.43 Å². The van der Waals surface area contributed by atoms with Crippen LogP contribution in [0.4, 0.5) is 15.8 Å². The molecule has 0 aliphatic carbocycles. The normalized spacial score (nSPS) is 14.0.